The molecule has 1 aliphatic heterocycles. The summed E-state index contributed by atoms with van der Waals surface area (Å²) in [6, 6.07) is 5.95. The number of sulfonamides is 1. The second-order valence-electron chi connectivity index (χ2n) is 8.00. The summed E-state index contributed by atoms with van der Waals surface area (Å²) in [5, 5.41) is 2.94. The number of hydrogen-bond donors (Lipinski definition) is 1. The van der Waals surface area contributed by atoms with E-state index in [1.54, 1.807) is 0 Å². The Hall–Kier alpha value is -1.93. The summed E-state index contributed by atoms with van der Waals surface area (Å²) in [4.78, 5) is 24.6. The van der Waals surface area contributed by atoms with Crippen LogP contribution in [-0.4, -0.2) is 50.3 Å². The van der Waals surface area contributed by atoms with Crippen LogP contribution in [0, 0.1) is 5.92 Å². The molecule has 1 N–H and O–H groups in total. The second-order valence-corrected chi connectivity index (χ2v) is 9.94. The first-order valence-electron chi connectivity index (χ1n) is 10.4. The molecule has 0 radical (unpaired) electrons. The number of esters is 1. The lowest BCUT2D eigenvalue weighted by atomic mass is 9.86. The molecule has 2 atom stereocenters. The third-order valence-electron chi connectivity index (χ3n) is 5.81. The van der Waals surface area contributed by atoms with Crippen LogP contribution in [0.15, 0.2) is 29.2 Å². The maximum absolute atomic E-state index is 12.8. The number of ether oxygens (including phenoxy) is 1. The summed E-state index contributed by atoms with van der Waals surface area (Å²) < 4.78 is 32.2. The molecule has 1 saturated heterocycles. The number of hydrogen-bond acceptors (Lipinski definition) is 5. The molecule has 0 unspecified atom stereocenters. The Morgan fingerprint density at radius 1 is 1.10 bits per heavy atom. The van der Waals surface area contributed by atoms with Gasteiger partial charge < -0.3 is 10.1 Å². The molecule has 1 amide bonds. The zero-order valence-corrected chi connectivity index (χ0v) is 17.7. The molecule has 8 heteroatoms. The number of carbonyl (C=O) groups is 2. The summed E-state index contributed by atoms with van der Waals surface area (Å²) in [7, 11) is -3.63. The van der Waals surface area contributed by atoms with Crippen molar-refractivity contribution in [1.29, 1.82) is 0 Å². The number of benzene rings is 1. The molecule has 0 aromatic heterocycles. The molecule has 29 heavy (non-hydrogen) atoms. The smallest absolute Gasteiger partial charge is 0.338 e. The van der Waals surface area contributed by atoms with E-state index < -0.39 is 16.0 Å². The zero-order chi connectivity index (χ0) is 20.9. The molecule has 2 fully saturated rings. The van der Waals surface area contributed by atoms with Gasteiger partial charge in [0.2, 0.25) is 10.0 Å². The van der Waals surface area contributed by atoms with E-state index in [4.69, 9.17) is 4.74 Å². The molecule has 1 aliphatic carbocycles. The topological polar surface area (TPSA) is 92.8 Å². The molecule has 0 bridgehead atoms. The van der Waals surface area contributed by atoms with Gasteiger partial charge in [-0.1, -0.05) is 32.3 Å². The van der Waals surface area contributed by atoms with E-state index in [0.29, 0.717) is 19.0 Å². The van der Waals surface area contributed by atoms with Gasteiger partial charge in [-0.15, -0.1) is 0 Å². The zero-order valence-electron chi connectivity index (χ0n) is 16.9. The van der Waals surface area contributed by atoms with E-state index in [2.05, 4.69) is 12.2 Å². The molecular weight excluding hydrogens is 392 g/mol. The number of piperidine rings is 1. The Morgan fingerprint density at radius 3 is 2.55 bits per heavy atom. The van der Waals surface area contributed by atoms with Crippen LogP contribution in [0.4, 0.5) is 0 Å². The largest absolute Gasteiger partial charge is 0.452 e. The van der Waals surface area contributed by atoms with Gasteiger partial charge >= 0.3 is 5.97 Å². The van der Waals surface area contributed by atoms with Gasteiger partial charge in [-0.05, 0) is 49.8 Å². The second kappa shape index (κ2) is 9.71. The first-order chi connectivity index (χ1) is 13.9. The van der Waals surface area contributed by atoms with E-state index >= 15 is 0 Å². The van der Waals surface area contributed by atoms with E-state index in [0.717, 1.165) is 38.5 Å². The van der Waals surface area contributed by atoms with Crippen LogP contribution in [0.5, 0.6) is 0 Å². The van der Waals surface area contributed by atoms with Crippen molar-refractivity contribution in [3.05, 3.63) is 29.8 Å². The molecule has 160 valence electrons. The molecule has 3 rings (SSSR count). The Balaban J connectivity index is 1.58. The Kier molecular flexibility index (Phi) is 7.29. The fourth-order valence-corrected chi connectivity index (χ4v) is 5.59. The van der Waals surface area contributed by atoms with Gasteiger partial charge in [0, 0.05) is 19.1 Å². The summed E-state index contributed by atoms with van der Waals surface area (Å²) in [6.45, 7) is 2.74. The third-order valence-corrected chi connectivity index (χ3v) is 7.71. The molecule has 7 nitrogen and oxygen atoms in total. The summed E-state index contributed by atoms with van der Waals surface area (Å²) in [5.74, 6) is -0.609. The maximum atomic E-state index is 12.8. The lowest BCUT2D eigenvalue weighted by Crippen LogP contribution is -2.42. The highest BCUT2D eigenvalue weighted by atomic mass is 32.2. The summed E-state index contributed by atoms with van der Waals surface area (Å²) in [5.41, 5.74) is 0.127. The Morgan fingerprint density at radius 2 is 1.83 bits per heavy atom. The molecule has 1 aromatic rings. The van der Waals surface area contributed by atoms with Crippen molar-refractivity contribution in [2.45, 2.75) is 62.8 Å². The predicted octanol–water partition coefficient (Wildman–Crippen LogP) is 2.71. The number of rotatable bonds is 6. The van der Waals surface area contributed by atoms with Crippen LogP contribution in [0.2, 0.25) is 0 Å². The minimum Gasteiger partial charge on any atom is -0.452 e. The Labute approximate surface area is 172 Å². The number of nitrogens with zero attached hydrogens (tertiary/aromatic N) is 1. The summed E-state index contributed by atoms with van der Waals surface area (Å²) in [6.07, 6.45) is 7.01. The van der Waals surface area contributed by atoms with Crippen molar-refractivity contribution in [2.75, 3.05) is 19.7 Å². The standard InChI is InChI=1S/C21H30N2O5S/c1-16-8-3-4-11-19(16)22-20(24)15-28-21(25)17-9-7-10-18(14-17)29(26,27)23-12-5-2-6-13-23/h7,9-10,14,16,19H,2-6,8,11-13,15H2,1H3,(H,22,24)/t16-,19+/m1/s1. The van der Waals surface area contributed by atoms with Crippen LogP contribution in [0.3, 0.4) is 0 Å². The van der Waals surface area contributed by atoms with E-state index in [-0.39, 0.29) is 29.0 Å². The average Bonchev–Trinajstić information content (AvgIpc) is 2.74. The highest BCUT2D eigenvalue weighted by molar-refractivity contribution is 7.89. The van der Waals surface area contributed by atoms with Crippen LogP contribution in [0.1, 0.15) is 62.2 Å². The SMILES string of the molecule is C[C@@H]1CCCC[C@@H]1NC(=O)COC(=O)c1cccc(S(=O)(=O)N2CCCCC2)c1. The van der Waals surface area contributed by atoms with Crippen molar-refractivity contribution < 1.29 is 22.7 Å². The molecule has 1 saturated carbocycles. The van der Waals surface area contributed by atoms with Crippen molar-refractivity contribution >= 4 is 21.9 Å². The van der Waals surface area contributed by atoms with E-state index in [1.165, 1.54) is 35.0 Å². The van der Waals surface area contributed by atoms with Gasteiger partial charge in [-0.25, -0.2) is 13.2 Å². The highest BCUT2D eigenvalue weighted by Gasteiger charge is 2.27. The lowest BCUT2D eigenvalue weighted by molar-refractivity contribution is -0.125. The van der Waals surface area contributed by atoms with Crippen molar-refractivity contribution in [2.24, 2.45) is 5.92 Å². The molecular formula is C21H30N2O5S. The van der Waals surface area contributed by atoms with Crippen LogP contribution < -0.4 is 5.32 Å². The highest BCUT2D eigenvalue weighted by Crippen LogP contribution is 2.24. The number of nitrogens with one attached hydrogen (secondary N) is 1. The fourth-order valence-electron chi connectivity index (χ4n) is 4.03. The quantitative estimate of drug-likeness (QED) is 0.712. The van der Waals surface area contributed by atoms with Gasteiger partial charge in [-0.2, -0.15) is 4.31 Å². The number of amides is 1. The predicted molar refractivity (Wildman–Crippen MR) is 109 cm³/mol. The van der Waals surface area contributed by atoms with Gasteiger partial charge in [0.1, 0.15) is 0 Å². The minimum absolute atomic E-state index is 0.0781. The van der Waals surface area contributed by atoms with Crippen molar-refractivity contribution in [3.8, 4) is 0 Å². The molecule has 1 heterocycles. The van der Waals surface area contributed by atoms with E-state index in [9.17, 15) is 18.0 Å². The fraction of sp³-hybridized carbons (Fsp3) is 0.619. The molecule has 2 aliphatic rings. The first kappa shape index (κ1) is 21.8. The normalized spacial score (nSPS) is 23.3. The number of carbonyl (C=O) groups excluding carboxylic acids is 2. The van der Waals surface area contributed by atoms with Gasteiger partial charge in [0.25, 0.3) is 5.91 Å². The van der Waals surface area contributed by atoms with Crippen molar-refractivity contribution in [1.82, 2.24) is 9.62 Å². The maximum Gasteiger partial charge on any atom is 0.338 e. The molecule has 0 spiro atoms. The minimum atomic E-state index is -3.63. The summed E-state index contributed by atoms with van der Waals surface area (Å²) >= 11 is 0. The molecule has 1 aromatic carbocycles. The van der Waals surface area contributed by atoms with Gasteiger partial charge in [0.05, 0.1) is 10.5 Å². The first-order valence-corrected chi connectivity index (χ1v) is 11.9. The van der Waals surface area contributed by atoms with Crippen molar-refractivity contribution in [3.63, 3.8) is 0 Å². The van der Waals surface area contributed by atoms with E-state index in [1.807, 2.05) is 0 Å². The van der Waals surface area contributed by atoms with Gasteiger partial charge in [0.15, 0.2) is 6.61 Å². The lowest BCUT2D eigenvalue weighted by Gasteiger charge is -2.29. The Bertz CT molecular complexity index is 833. The third kappa shape index (κ3) is 5.57. The van der Waals surface area contributed by atoms with Crippen LogP contribution in [0.25, 0.3) is 0 Å². The van der Waals surface area contributed by atoms with Crippen LogP contribution in [-0.2, 0) is 19.6 Å². The monoisotopic (exact) mass is 422 g/mol. The van der Waals surface area contributed by atoms with Crippen LogP contribution >= 0.6 is 0 Å². The van der Waals surface area contributed by atoms with Gasteiger partial charge in [-0.3, -0.25) is 4.79 Å². The average molecular weight is 423 g/mol.